The second kappa shape index (κ2) is 16.8. The molecule has 1 unspecified atom stereocenters. The largest absolute Gasteiger partial charge is 0.372 e. The second-order valence-electron chi connectivity index (χ2n) is 10.5. The molecule has 37 heavy (non-hydrogen) atoms. The van der Waals surface area contributed by atoms with Crippen LogP contribution in [-0.2, 0) is 0 Å². The molecule has 1 heterocycles. The first-order chi connectivity index (χ1) is 18.1. The van der Waals surface area contributed by atoms with Crippen molar-refractivity contribution in [2.24, 2.45) is 4.99 Å². The number of benzene rings is 2. The van der Waals surface area contributed by atoms with Crippen LogP contribution in [0.25, 0.3) is 0 Å². The van der Waals surface area contributed by atoms with Crippen LogP contribution in [-0.4, -0.2) is 26.2 Å². The van der Waals surface area contributed by atoms with Crippen LogP contribution >= 0.6 is 28.9 Å². The van der Waals surface area contributed by atoms with E-state index in [0.29, 0.717) is 0 Å². The number of rotatable bonds is 18. The van der Waals surface area contributed by atoms with Gasteiger partial charge in [0.2, 0.25) is 0 Å². The first-order valence-electron chi connectivity index (χ1n) is 15.0. The van der Waals surface area contributed by atoms with Crippen LogP contribution in [0, 0.1) is 4.51 Å². The Balaban J connectivity index is 1.92. The topological polar surface area (TPSA) is 18.8 Å². The highest BCUT2D eigenvalue weighted by Gasteiger charge is 2.16. The van der Waals surface area contributed by atoms with Crippen LogP contribution in [0.1, 0.15) is 105 Å². The van der Waals surface area contributed by atoms with E-state index < -0.39 is 0 Å². The van der Waals surface area contributed by atoms with Gasteiger partial charge in [0.05, 0.1) is 11.0 Å². The van der Waals surface area contributed by atoms with E-state index in [1.165, 1.54) is 97.8 Å². The number of nitrogens with zero attached hydrogens (tertiary/aromatic N) is 3. The van der Waals surface area contributed by atoms with Crippen molar-refractivity contribution in [3.8, 4) is 0 Å². The van der Waals surface area contributed by atoms with Crippen molar-refractivity contribution in [2.75, 3.05) is 36.0 Å². The van der Waals surface area contributed by atoms with Crippen LogP contribution in [0.15, 0.2) is 46.3 Å². The zero-order valence-electron chi connectivity index (χ0n) is 23.9. The summed E-state index contributed by atoms with van der Waals surface area (Å²) in [5.74, 6) is 0. The summed E-state index contributed by atoms with van der Waals surface area (Å²) >= 11 is 2.69. The molecule has 0 N–H and O–H groups in total. The molecule has 0 saturated heterocycles. The van der Waals surface area contributed by atoms with Crippen LogP contribution in [0.2, 0.25) is 0 Å². The fraction of sp³-hybridized carbons (Fsp3) is 0.625. The Kier molecular flexibility index (Phi) is 13.8. The van der Waals surface area contributed by atoms with Gasteiger partial charge in [-0.05, 0) is 83.3 Å². The minimum atomic E-state index is -0.000112. The van der Waals surface area contributed by atoms with Crippen LogP contribution in [0.5, 0.6) is 0 Å². The van der Waals surface area contributed by atoms with Gasteiger partial charge in [-0.15, -0.1) is 0 Å². The molecule has 0 aromatic heterocycles. The lowest BCUT2D eigenvalue weighted by atomic mass is 10.1. The summed E-state index contributed by atoms with van der Waals surface area (Å²) in [6, 6.07) is 14.1. The average Bonchev–Trinajstić information content (AvgIpc) is 2.92. The third-order valence-corrected chi connectivity index (χ3v) is 11.6. The first-order valence-corrected chi connectivity index (χ1v) is 18.8. The zero-order chi connectivity index (χ0) is 26.5. The Labute approximate surface area is 241 Å². The standard InChI is InChI=1S/C32H50IN3S/c1-5-9-13-21-35(22-14-10-6-2)27-17-19-29-31(25-27)37(33)32-26-28(18-20-30(32)34-29)36(23-15-11-7-3)24-16-12-8-4/h17-20,25-26H,5-16,21-24H2,1-4H3. The van der Waals surface area contributed by atoms with Gasteiger partial charge in [-0.3, -0.25) is 0 Å². The fourth-order valence-corrected chi connectivity index (χ4v) is 8.47. The molecular weight excluding hydrogens is 585 g/mol. The van der Waals surface area contributed by atoms with E-state index >= 15 is 0 Å². The summed E-state index contributed by atoms with van der Waals surface area (Å²) < 4.78 is 1.40. The average molecular weight is 636 g/mol. The molecule has 0 aliphatic carbocycles. The number of unbranched alkanes of at least 4 members (excludes halogenated alkanes) is 8. The molecule has 2 aromatic carbocycles. The molecule has 0 amide bonds. The maximum absolute atomic E-state index is 5.13. The molecule has 0 saturated carbocycles. The van der Waals surface area contributed by atoms with E-state index in [1.54, 1.807) is 0 Å². The van der Waals surface area contributed by atoms with Gasteiger partial charge in [0.25, 0.3) is 0 Å². The number of hydrogen-bond donors (Lipinski definition) is 0. The summed E-state index contributed by atoms with van der Waals surface area (Å²) in [4.78, 5) is 11.8. The van der Waals surface area contributed by atoms with E-state index in [2.05, 4.69) is 95.1 Å². The number of hydrogen-bond acceptors (Lipinski definition) is 3. The normalized spacial score (nSPS) is 14.1. The smallest absolute Gasteiger partial charge is 0.0777 e. The molecule has 5 heteroatoms. The molecule has 3 rings (SSSR count). The van der Waals surface area contributed by atoms with Crippen molar-refractivity contribution in [1.29, 1.82) is 0 Å². The van der Waals surface area contributed by atoms with E-state index in [4.69, 9.17) is 4.99 Å². The van der Waals surface area contributed by atoms with E-state index in [1.807, 2.05) is 0 Å². The first kappa shape index (κ1) is 30.5. The summed E-state index contributed by atoms with van der Waals surface area (Å²) in [7, 11) is -0.000112. The predicted octanol–water partition coefficient (Wildman–Crippen LogP) is 10.3. The molecule has 0 radical (unpaired) electrons. The minimum Gasteiger partial charge on any atom is -0.372 e. The monoisotopic (exact) mass is 635 g/mol. The highest BCUT2D eigenvalue weighted by Crippen LogP contribution is 2.46. The molecule has 3 nitrogen and oxygen atoms in total. The van der Waals surface area contributed by atoms with Crippen LogP contribution in [0.3, 0.4) is 0 Å². The van der Waals surface area contributed by atoms with Gasteiger partial charge in [-0.1, -0.05) is 86.7 Å². The summed E-state index contributed by atoms with van der Waals surface area (Å²) in [6.07, 6.45) is 15.4. The van der Waals surface area contributed by atoms with Crippen molar-refractivity contribution >= 4 is 45.9 Å². The van der Waals surface area contributed by atoms with Gasteiger partial charge in [0.15, 0.2) is 0 Å². The lowest BCUT2D eigenvalue weighted by molar-refractivity contribution is 0.636. The molecule has 1 aliphatic heterocycles. The highest BCUT2D eigenvalue weighted by atomic mass is 127. The minimum absolute atomic E-state index is 0.000112. The van der Waals surface area contributed by atoms with E-state index in [-0.39, 0.29) is 7.66 Å². The van der Waals surface area contributed by atoms with Gasteiger partial charge in [-0.25, -0.2) is 4.99 Å². The lowest BCUT2D eigenvalue weighted by Gasteiger charge is -2.27. The van der Waals surface area contributed by atoms with Crippen LogP contribution in [0.4, 0.5) is 17.1 Å². The third-order valence-electron chi connectivity index (χ3n) is 7.37. The van der Waals surface area contributed by atoms with E-state index in [0.717, 1.165) is 37.2 Å². The molecule has 206 valence electrons. The Hall–Kier alpha value is -1.08. The number of anilines is 2. The lowest BCUT2D eigenvalue weighted by Crippen LogP contribution is -2.26. The van der Waals surface area contributed by atoms with Gasteiger partial charge in [-0.2, -0.15) is 0 Å². The quantitative estimate of drug-likeness (QED) is 0.0922. The van der Waals surface area contributed by atoms with E-state index in [9.17, 15) is 0 Å². The molecule has 1 aliphatic rings. The maximum Gasteiger partial charge on any atom is 0.0777 e. The van der Waals surface area contributed by atoms with Crippen LogP contribution < -0.4 is 15.2 Å². The van der Waals surface area contributed by atoms with Gasteiger partial charge in [0, 0.05) is 47.0 Å². The molecular formula is C32H50IN3S. The Morgan fingerprint density at radius 3 is 1.57 bits per heavy atom. The second-order valence-corrected chi connectivity index (χ2v) is 14.5. The summed E-state index contributed by atoms with van der Waals surface area (Å²) in [5.41, 5.74) is 3.93. The highest BCUT2D eigenvalue weighted by molar-refractivity contribution is 14.2. The summed E-state index contributed by atoms with van der Waals surface area (Å²) in [6.45, 7) is 13.8. The molecule has 2 aromatic rings. The van der Waals surface area contributed by atoms with Gasteiger partial charge < -0.3 is 9.80 Å². The maximum atomic E-state index is 5.13. The number of halogens is 1. The zero-order valence-corrected chi connectivity index (χ0v) is 26.9. The van der Waals surface area contributed by atoms with Gasteiger partial charge >= 0.3 is 0 Å². The van der Waals surface area contributed by atoms with Crippen molar-refractivity contribution in [3.63, 3.8) is 0 Å². The van der Waals surface area contributed by atoms with Crippen molar-refractivity contribution in [1.82, 2.24) is 0 Å². The van der Waals surface area contributed by atoms with Crippen molar-refractivity contribution in [3.05, 3.63) is 46.3 Å². The Morgan fingerprint density at radius 2 is 1.08 bits per heavy atom. The predicted molar refractivity (Wildman–Crippen MR) is 175 cm³/mol. The SMILES string of the molecule is CCCCCN(CCCCC)c1ccc2c(c1)S(I)=c1cc(N(CCCCC)CCCCC)ccc1=N2. The van der Waals surface area contributed by atoms with Crippen molar-refractivity contribution in [2.45, 2.75) is 110 Å². The molecule has 0 bridgehead atoms. The number of fused-ring (bicyclic) bond motifs is 2. The Bertz CT molecular complexity index is 1060. The molecule has 0 fully saturated rings. The fourth-order valence-electron chi connectivity index (χ4n) is 5.07. The summed E-state index contributed by atoms with van der Waals surface area (Å²) in [5, 5.41) is 1.16. The third kappa shape index (κ3) is 8.98. The van der Waals surface area contributed by atoms with Gasteiger partial charge in [0.1, 0.15) is 0 Å². The molecule has 1 atom stereocenters. The Morgan fingerprint density at radius 1 is 0.622 bits per heavy atom. The van der Waals surface area contributed by atoms with Crippen molar-refractivity contribution < 1.29 is 0 Å². The molecule has 0 spiro atoms.